The molecule has 1 unspecified atom stereocenters. The van der Waals surface area contributed by atoms with E-state index in [9.17, 15) is 9.59 Å². The summed E-state index contributed by atoms with van der Waals surface area (Å²) in [6.45, 7) is 6.28. The molecule has 0 aliphatic rings. The van der Waals surface area contributed by atoms with Crippen molar-refractivity contribution < 1.29 is 14.3 Å². The van der Waals surface area contributed by atoms with Crippen LogP contribution in [0.15, 0.2) is 90.6 Å². The van der Waals surface area contributed by atoms with Gasteiger partial charge in [0.1, 0.15) is 5.75 Å². The molecule has 1 atom stereocenters. The first-order chi connectivity index (χ1) is 17.0. The van der Waals surface area contributed by atoms with E-state index in [1.54, 1.807) is 43.5 Å². The molecule has 0 saturated carbocycles. The van der Waals surface area contributed by atoms with E-state index in [1.165, 1.54) is 11.8 Å². The van der Waals surface area contributed by atoms with Crippen LogP contribution < -0.4 is 15.4 Å². The van der Waals surface area contributed by atoms with E-state index in [1.807, 2.05) is 54.0 Å². The van der Waals surface area contributed by atoms with Gasteiger partial charge >= 0.3 is 0 Å². The van der Waals surface area contributed by atoms with Crippen molar-refractivity contribution in [3.8, 4) is 5.75 Å². The van der Waals surface area contributed by atoms with Gasteiger partial charge in [-0.3, -0.25) is 9.59 Å². The highest BCUT2D eigenvalue weighted by Crippen LogP contribution is 2.28. The molecule has 0 radical (unpaired) electrons. The first kappa shape index (κ1) is 24.1. The molecule has 4 rings (SSSR count). The predicted octanol–water partition coefficient (Wildman–Crippen LogP) is 5.60. The quantitative estimate of drug-likeness (QED) is 0.238. The Morgan fingerprint density at radius 3 is 2.51 bits per heavy atom. The van der Waals surface area contributed by atoms with E-state index in [2.05, 4.69) is 22.2 Å². The Kier molecular flexibility index (Phi) is 7.52. The molecule has 35 heavy (non-hydrogen) atoms. The first-order valence-electron chi connectivity index (χ1n) is 11.1. The number of anilines is 2. The van der Waals surface area contributed by atoms with Gasteiger partial charge in [0.2, 0.25) is 5.91 Å². The van der Waals surface area contributed by atoms with Crippen LogP contribution in [-0.2, 0) is 11.3 Å². The van der Waals surface area contributed by atoms with Crippen LogP contribution in [0.5, 0.6) is 5.75 Å². The largest absolute Gasteiger partial charge is 0.495 e. The molecule has 178 valence electrons. The Morgan fingerprint density at radius 2 is 1.77 bits per heavy atom. The minimum absolute atomic E-state index is 0.154. The minimum Gasteiger partial charge on any atom is -0.495 e. The smallest absolute Gasteiger partial charge is 0.255 e. The number of methoxy groups -OCH3 is 1. The van der Waals surface area contributed by atoms with Crippen molar-refractivity contribution in [3.05, 3.63) is 91.0 Å². The number of nitrogens with one attached hydrogen (secondary N) is 2. The molecule has 0 fully saturated rings. The van der Waals surface area contributed by atoms with Crippen LogP contribution in [0.25, 0.3) is 11.0 Å². The molecular weight excluding hydrogens is 460 g/mol. The molecular formula is C27H26N4O3S. The zero-order chi connectivity index (χ0) is 24.8. The summed E-state index contributed by atoms with van der Waals surface area (Å²) in [5.74, 6) is 0.161. The lowest BCUT2D eigenvalue weighted by Crippen LogP contribution is -2.23. The van der Waals surface area contributed by atoms with Crippen molar-refractivity contribution in [3.63, 3.8) is 0 Å². The maximum absolute atomic E-state index is 12.8. The van der Waals surface area contributed by atoms with Crippen LogP contribution in [0.1, 0.15) is 17.3 Å². The Bertz CT molecular complexity index is 1360. The Balaban J connectivity index is 1.40. The summed E-state index contributed by atoms with van der Waals surface area (Å²) in [5, 5.41) is 6.13. The maximum atomic E-state index is 12.8. The number of benzene rings is 3. The third-order valence-electron chi connectivity index (χ3n) is 5.35. The molecule has 0 spiro atoms. The number of imidazole rings is 1. The second-order valence-corrected chi connectivity index (χ2v) is 9.07. The molecule has 7 nitrogen and oxygen atoms in total. The van der Waals surface area contributed by atoms with Gasteiger partial charge in [-0.2, -0.15) is 0 Å². The molecule has 0 bridgehead atoms. The molecule has 0 saturated heterocycles. The van der Waals surface area contributed by atoms with Crippen LogP contribution in [0.4, 0.5) is 11.4 Å². The van der Waals surface area contributed by atoms with Gasteiger partial charge < -0.3 is 19.9 Å². The summed E-state index contributed by atoms with van der Waals surface area (Å²) in [4.78, 5) is 30.1. The number of hydrogen-bond donors (Lipinski definition) is 2. The second-order valence-electron chi connectivity index (χ2n) is 7.76. The summed E-state index contributed by atoms with van der Waals surface area (Å²) < 4.78 is 7.32. The van der Waals surface area contributed by atoms with Gasteiger partial charge in [0.05, 0.1) is 29.1 Å². The Labute approximate surface area is 208 Å². The number of hydrogen-bond acceptors (Lipinski definition) is 5. The number of para-hydroxylation sites is 4. The molecule has 1 aromatic heterocycles. The maximum Gasteiger partial charge on any atom is 0.255 e. The van der Waals surface area contributed by atoms with Gasteiger partial charge in [-0.15, -0.1) is 6.58 Å². The number of nitrogens with zero attached hydrogens (tertiary/aromatic N) is 2. The lowest BCUT2D eigenvalue weighted by atomic mass is 10.2. The summed E-state index contributed by atoms with van der Waals surface area (Å²) in [6, 6.07) is 21.8. The van der Waals surface area contributed by atoms with Crippen LogP contribution in [0.2, 0.25) is 0 Å². The molecule has 2 N–H and O–H groups in total. The van der Waals surface area contributed by atoms with Crippen molar-refractivity contribution in [2.24, 2.45) is 0 Å². The normalized spacial score (nSPS) is 11.6. The van der Waals surface area contributed by atoms with E-state index in [0.717, 1.165) is 16.2 Å². The second kappa shape index (κ2) is 10.9. The van der Waals surface area contributed by atoms with Crippen molar-refractivity contribution in [1.82, 2.24) is 9.55 Å². The molecule has 0 aliphatic carbocycles. The van der Waals surface area contributed by atoms with Gasteiger partial charge in [0.15, 0.2) is 5.16 Å². The van der Waals surface area contributed by atoms with Gasteiger partial charge in [0, 0.05) is 17.8 Å². The predicted molar refractivity (Wildman–Crippen MR) is 141 cm³/mol. The first-order valence-corrected chi connectivity index (χ1v) is 12.0. The molecule has 8 heteroatoms. The molecule has 3 aromatic carbocycles. The van der Waals surface area contributed by atoms with Gasteiger partial charge in [-0.1, -0.05) is 42.1 Å². The van der Waals surface area contributed by atoms with E-state index in [4.69, 9.17) is 4.74 Å². The fourth-order valence-electron chi connectivity index (χ4n) is 3.55. The topological polar surface area (TPSA) is 85.2 Å². The average Bonchev–Trinajstić information content (AvgIpc) is 3.21. The number of aromatic nitrogens is 2. The third-order valence-corrected chi connectivity index (χ3v) is 6.44. The number of amides is 2. The standard InChI is InChI=1S/C27H26N4O3S/c1-4-17-31-23-11-7-5-9-21(23)30-27(31)35-18(2)25(32)28-20-15-13-19(14-16-20)26(33)29-22-10-6-8-12-24(22)34-3/h4-16,18H,1,17H2,2-3H3,(H,28,32)(H,29,33). The van der Waals surface area contributed by atoms with E-state index in [-0.39, 0.29) is 17.1 Å². The minimum atomic E-state index is -0.385. The van der Waals surface area contributed by atoms with Gasteiger partial charge in [-0.05, 0) is 55.5 Å². The van der Waals surface area contributed by atoms with Gasteiger partial charge in [0.25, 0.3) is 5.91 Å². The highest BCUT2D eigenvalue weighted by Gasteiger charge is 2.19. The van der Waals surface area contributed by atoms with Crippen molar-refractivity contribution in [2.45, 2.75) is 23.9 Å². The van der Waals surface area contributed by atoms with Gasteiger partial charge in [-0.25, -0.2) is 4.98 Å². The third kappa shape index (κ3) is 5.55. The fraction of sp³-hybridized carbons (Fsp3) is 0.148. The fourth-order valence-corrected chi connectivity index (χ4v) is 4.49. The van der Waals surface area contributed by atoms with Crippen LogP contribution in [-0.4, -0.2) is 33.7 Å². The van der Waals surface area contributed by atoms with E-state index in [0.29, 0.717) is 29.2 Å². The van der Waals surface area contributed by atoms with Crippen LogP contribution in [0, 0.1) is 0 Å². The zero-order valence-electron chi connectivity index (χ0n) is 19.5. The number of rotatable bonds is 9. The summed E-state index contributed by atoms with van der Waals surface area (Å²) >= 11 is 1.39. The Hall–Kier alpha value is -4.04. The number of thioether (sulfide) groups is 1. The molecule has 0 aliphatic heterocycles. The molecule has 4 aromatic rings. The van der Waals surface area contributed by atoms with Crippen molar-refractivity contribution >= 4 is 46.0 Å². The van der Waals surface area contributed by atoms with E-state index < -0.39 is 0 Å². The monoisotopic (exact) mass is 486 g/mol. The number of ether oxygens (including phenoxy) is 1. The number of carbonyl (C=O) groups is 2. The lowest BCUT2D eigenvalue weighted by Gasteiger charge is -2.13. The summed E-state index contributed by atoms with van der Waals surface area (Å²) in [7, 11) is 1.55. The van der Waals surface area contributed by atoms with E-state index >= 15 is 0 Å². The van der Waals surface area contributed by atoms with Crippen molar-refractivity contribution in [2.75, 3.05) is 17.7 Å². The zero-order valence-corrected chi connectivity index (χ0v) is 20.3. The lowest BCUT2D eigenvalue weighted by molar-refractivity contribution is -0.115. The summed E-state index contributed by atoms with van der Waals surface area (Å²) in [6.07, 6.45) is 1.81. The van der Waals surface area contributed by atoms with Crippen LogP contribution in [0.3, 0.4) is 0 Å². The average molecular weight is 487 g/mol. The Morgan fingerprint density at radius 1 is 1.06 bits per heavy atom. The highest BCUT2D eigenvalue weighted by atomic mass is 32.2. The SMILES string of the molecule is C=CCn1c(SC(C)C(=O)Nc2ccc(C(=O)Nc3ccccc3OC)cc2)nc2ccccc21. The number of fused-ring (bicyclic) bond motifs is 1. The highest BCUT2D eigenvalue weighted by molar-refractivity contribution is 8.00. The van der Waals surface area contributed by atoms with Crippen molar-refractivity contribution in [1.29, 1.82) is 0 Å². The van der Waals surface area contributed by atoms with Crippen LogP contribution >= 0.6 is 11.8 Å². The molecule has 1 heterocycles. The number of carbonyl (C=O) groups excluding carboxylic acids is 2. The summed E-state index contributed by atoms with van der Waals surface area (Å²) in [5.41, 5.74) is 3.55. The number of allylic oxidation sites excluding steroid dienone is 1. The molecule has 2 amide bonds.